The van der Waals surface area contributed by atoms with Gasteiger partial charge in [0.25, 0.3) is 0 Å². The molecule has 2 aromatic heterocycles. The summed E-state index contributed by atoms with van der Waals surface area (Å²) >= 11 is 0. The fourth-order valence-corrected chi connectivity index (χ4v) is 2.04. The molecule has 0 bridgehead atoms. The Bertz CT molecular complexity index is 533. The van der Waals surface area contributed by atoms with Crippen LogP contribution in [0.4, 0.5) is 4.39 Å². The van der Waals surface area contributed by atoms with Crippen LogP contribution in [0, 0.1) is 5.82 Å². The van der Waals surface area contributed by atoms with E-state index in [0.29, 0.717) is 0 Å². The predicted molar refractivity (Wildman–Crippen MR) is 72.0 cm³/mol. The molecule has 4 nitrogen and oxygen atoms in total. The molecule has 19 heavy (non-hydrogen) atoms. The van der Waals surface area contributed by atoms with E-state index in [1.165, 1.54) is 17.8 Å². The summed E-state index contributed by atoms with van der Waals surface area (Å²) in [6, 6.07) is 3.21. The summed E-state index contributed by atoms with van der Waals surface area (Å²) < 4.78 is 14.6. The lowest BCUT2D eigenvalue weighted by molar-refractivity contribution is 0.553. The summed E-state index contributed by atoms with van der Waals surface area (Å²) in [7, 11) is 1.92. The van der Waals surface area contributed by atoms with Crippen LogP contribution in [-0.4, -0.2) is 14.8 Å². The molecule has 0 spiro atoms. The van der Waals surface area contributed by atoms with Crippen molar-refractivity contribution in [3.63, 3.8) is 0 Å². The molecule has 0 aliphatic heterocycles. The molecule has 0 fully saturated rings. The van der Waals surface area contributed by atoms with E-state index in [-0.39, 0.29) is 11.9 Å². The second kappa shape index (κ2) is 5.93. The maximum Gasteiger partial charge on any atom is 0.141 e. The highest BCUT2D eigenvalue weighted by molar-refractivity contribution is 5.17. The highest BCUT2D eigenvalue weighted by atomic mass is 19.1. The van der Waals surface area contributed by atoms with Crippen molar-refractivity contribution in [1.29, 1.82) is 0 Å². The first-order valence-corrected chi connectivity index (χ1v) is 6.46. The van der Waals surface area contributed by atoms with Crippen molar-refractivity contribution < 1.29 is 4.39 Å². The Kier molecular flexibility index (Phi) is 4.27. The zero-order chi connectivity index (χ0) is 13.8. The van der Waals surface area contributed by atoms with Crippen LogP contribution in [0.5, 0.6) is 0 Å². The standard InChI is InChI=1S/C14H19FN4/c1-4-13-11(9-19(3)18-13)7-16-10(2)14-6-5-12(15)8-17-14/h5-6,8-10,16H,4,7H2,1-3H3. The van der Waals surface area contributed by atoms with E-state index in [2.05, 4.69) is 22.3 Å². The molecule has 0 aliphatic carbocycles. The molecule has 0 radical (unpaired) electrons. The number of hydrogen-bond donors (Lipinski definition) is 1. The third-order valence-electron chi connectivity index (χ3n) is 3.12. The van der Waals surface area contributed by atoms with Gasteiger partial charge in [0, 0.05) is 31.4 Å². The average molecular weight is 262 g/mol. The topological polar surface area (TPSA) is 42.7 Å². The number of nitrogens with one attached hydrogen (secondary N) is 1. The van der Waals surface area contributed by atoms with Crippen molar-refractivity contribution in [3.05, 3.63) is 47.3 Å². The maximum atomic E-state index is 12.8. The minimum Gasteiger partial charge on any atom is -0.305 e. The molecule has 1 unspecified atom stereocenters. The molecular formula is C14H19FN4. The lowest BCUT2D eigenvalue weighted by Gasteiger charge is -2.13. The largest absolute Gasteiger partial charge is 0.305 e. The van der Waals surface area contributed by atoms with Gasteiger partial charge in [0.15, 0.2) is 0 Å². The molecule has 2 heterocycles. The second-order valence-electron chi connectivity index (χ2n) is 4.63. The van der Waals surface area contributed by atoms with Crippen molar-refractivity contribution in [3.8, 4) is 0 Å². The number of halogens is 1. The lowest BCUT2D eigenvalue weighted by Crippen LogP contribution is -2.19. The van der Waals surface area contributed by atoms with E-state index >= 15 is 0 Å². The Morgan fingerprint density at radius 2 is 2.21 bits per heavy atom. The molecule has 0 aromatic carbocycles. The normalized spacial score (nSPS) is 12.6. The zero-order valence-corrected chi connectivity index (χ0v) is 11.5. The van der Waals surface area contributed by atoms with E-state index in [4.69, 9.17) is 0 Å². The molecule has 2 rings (SSSR count). The SMILES string of the molecule is CCc1nn(C)cc1CNC(C)c1ccc(F)cn1. The fraction of sp³-hybridized carbons (Fsp3) is 0.429. The Morgan fingerprint density at radius 3 is 2.84 bits per heavy atom. The van der Waals surface area contributed by atoms with Crippen molar-refractivity contribution >= 4 is 0 Å². The van der Waals surface area contributed by atoms with Gasteiger partial charge in [-0.15, -0.1) is 0 Å². The number of pyridine rings is 1. The predicted octanol–water partition coefficient (Wildman–Crippen LogP) is 2.37. The summed E-state index contributed by atoms with van der Waals surface area (Å²) in [6.07, 6.45) is 4.19. The van der Waals surface area contributed by atoms with Gasteiger partial charge in [0.2, 0.25) is 0 Å². The van der Waals surface area contributed by atoms with Crippen LogP contribution in [0.3, 0.4) is 0 Å². The van der Waals surface area contributed by atoms with Gasteiger partial charge in [0.05, 0.1) is 17.6 Å². The summed E-state index contributed by atoms with van der Waals surface area (Å²) in [5.41, 5.74) is 3.14. The Hall–Kier alpha value is -1.75. The smallest absolute Gasteiger partial charge is 0.141 e. The van der Waals surface area contributed by atoms with Gasteiger partial charge in [-0.1, -0.05) is 6.92 Å². The first-order valence-electron chi connectivity index (χ1n) is 6.46. The molecular weight excluding hydrogens is 243 g/mol. The van der Waals surface area contributed by atoms with Crippen LogP contribution >= 0.6 is 0 Å². The van der Waals surface area contributed by atoms with E-state index in [0.717, 1.165) is 24.4 Å². The zero-order valence-electron chi connectivity index (χ0n) is 11.5. The monoisotopic (exact) mass is 262 g/mol. The summed E-state index contributed by atoms with van der Waals surface area (Å²) in [5.74, 6) is -0.309. The van der Waals surface area contributed by atoms with Gasteiger partial charge in [-0.25, -0.2) is 4.39 Å². The molecule has 2 aromatic rings. The third kappa shape index (κ3) is 3.38. The van der Waals surface area contributed by atoms with E-state index < -0.39 is 0 Å². The van der Waals surface area contributed by atoms with Crippen LogP contribution in [-0.2, 0) is 20.0 Å². The fourth-order valence-electron chi connectivity index (χ4n) is 2.04. The van der Waals surface area contributed by atoms with E-state index in [1.54, 1.807) is 6.07 Å². The highest BCUT2D eigenvalue weighted by Gasteiger charge is 2.10. The number of hydrogen-bond acceptors (Lipinski definition) is 3. The molecule has 1 N–H and O–H groups in total. The number of aromatic nitrogens is 3. The first kappa shape index (κ1) is 13.7. The van der Waals surface area contributed by atoms with Crippen LogP contribution in [0.25, 0.3) is 0 Å². The summed E-state index contributed by atoms with van der Waals surface area (Å²) in [6.45, 7) is 4.84. The van der Waals surface area contributed by atoms with E-state index in [9.17, 15) is 4.39 Å². The Balaban J connectivity index is 1.99. The average Bonchev–Trinajstić information content (AvgIpc) is 2.77. The van der Waals surface area contributed by atoms with Gasteiger partial charge in [-0.2, -0.15) is 5.10 Å². The molecule has 0 saturated heterocycles. The first-order chi connectivity index (χ1) is 9.10. The summed E-state index contributed by atoms with van der Waals surface area (Å²) in [5, 5.41) is 7.79. The number of rotatable bonds is 5. The molecule has 0 saturated carbocycles. The Morgan fingerprint density at radius 1 is 1.42 bits per heavy atom. The van der Waals surface area contributed by atoms with Crippen LogP contribution in [0.2, 0.25) is 0 Å². The molecule has 0 amide bonds. The maximum absolute atomic E-state index is 12.8. The van der Waals surface area contributed by atoms with E-state index in [1.807, 2.05) is 24.9 Å². The Labute approximate surface area is 112 Å². The summed E-state index contributed by atoms with van der Waals surface area (Å²) in [4.78, 5) is 4.08. The molecule has 5 heteroatoms. The van der Waals surface area contributed by atoms with Crippen LogP contribution in [0.1, 0.15) is 36.8 Å². The van der Waals surface area contributed by atoms with Crippen molar-refractivity contribution in [2.45, 2.75) is 32.9 Å². The minimum atomic E-state index is -0.309. The van der Waals surface area contributed by atoms with Crippen molar-refractivity contribution in [1.82, 2.24) is 20.1 Å². The highest BCUT2D eigenvalue weighted by Crippen LogP contribution is 2.12. The number of aryl methyl sites for hydroxylation is 2. The molecule has 0 aliphatic rings. The third-order valence-corrected chi connectivity index (χ3v) is 3.12. The van der Waals surface area contributed by atoms with Crippen molar-refractivity contribution in [2.75, 3.05) is 0 Å². The van der Waals surface area contributed by atoms with Crippen LogP contribution in [0.15, 0.2) is 24.5 Å². The second-order valence-corrected chi connectivity index (χ2v) is 4.63. The molecule has 102 valence electrons. The van der Waals surface area contributed by atoms with Gasteiger partial charge >= 0.3 is 0 Å². The van der Waals surface area contributed by atoms with Gasteiger partial charge in [-0.05, 0) is 25.5 Å². The van der Waals surface area contributed by atoms with Gasteiger partial charge < -0.3 is 5.32 Å². The quantitative estimate of drug-likeness (QED) is 0.899. The van der Waals surface area contributed by atoms with Crippen LogP contribution < -0.4 is 5.32 Å². The lowest BCUT2D eigenvalue weighted by atomic mass is 10.1. The van der Waals surface area contributed by atoms with Crippen molar-refractivity contribution in [2.24, 2.45) is 7.05 Å². The van der Waals surface area contributed by atoms with Gasteiger partial charge in [-0.3, -0.25) is 9.67 Å². The minimum absolute atomic E-state index is 0.0745. The molecule has 1 atom stereocenters. The van der Waals surface area contributed by atoms with Gasteiger partial charge in [0.1, 0.15) is 5.82 Å². The number of nitrogens with zero attached hydrogens (tertiary/aromatic N) is 3.